The maximum absolute atomic E-state index is 12.1. The first kappa shape index (κ1) is 13.5. The van der Waals surface area contributed by atoms with Gasteiger partial charge in [-0.15, -0.1) is 0 Å². The number of carbonyl (C=O) groups is 2. The molecular weight excluding hydrogens is 244 g/mol. The van der Waals surface area contributed by atoms with Crippen molar-refractivity contribution in [2.45, 2.75) is 26.3 Å². The number of nitrogens with one attached hydrogen (secondary N) is 2. The lowest BCUT2D eigenvalue weighted by Crippen LogP contribution is -2.39. The van der Waals surface area contributed by atoms with E-state index in [1.165, 1.54) is 0 Å². The molecule has 0 spiro atoms. The number of anilines is 1. The summed E-state index contributed by atoms with van der Waals surface area (Å²) in [7, 11) is 0. The van der Waals surface area contributed by atoms with E-state index in [2.05, 4.69) is 10.6 Å². The van der Waals surface area contributed by atoms with Gasteiger partial charge in [0.2, 0.25) is 5.91 Å². The van der Waals surface area contributed by atoms with Gasteiger partial charge in [-0.2, -0.15) is 0 Å². The van der Waals surface area contributed by atoms with Gasteiger partial charge in [-0.1, -0.05) is 18.6 Å². The molecule has 0 saturated carbocycles. The summed E-state index contributed by atoms with van der Waals surface area (Å²) in [4.78, 5) is 23.3. The van der Waals surface area contributed by atoms with Crippen molar-refractivity contribution < 1.29 is 14.7 Å². The van der Waals surface area contributed by atoms with Gasteiger partial charge < -0.3 is 15.7 Å². The molecule has 1 heterocycles. The second-order valence-corrected chi connectivity index (χ2v) is 5.04. The molecule has 1 aromatic rings. The van der Waals surface area contributed by atoms with Gasteiger partial charge in [-0.3, -0.25) is 4.79 Å². The van der Waals surface area contributed by atoms with Crippen LogP contribution < -0.4 is 10.6 Å². The molecule has 1 fully saturated rings. The maximum atomic E-state index is 12.1. The van der Waals surface area contributed by atoms with E-state index < -0.39 is 5.97 Å². The zero-order chi connectivity index (χ0) is 14.0. The van der Waals surface area contributed by atoms with Crippen LogP contribution in [0.2, 0.25) is 0 Å². The van der Waals surface area contributed by atoms with Crippen molar-refractivity contribution >= 4 is 17.6 Å². The molecular formula is C14H18N2O3. The minimum atomic E-state index is -1.04. The third kappa shape index (κ3) is 2.93. The van der Waals surface area contributed by atoms with Crippen LogP contribution in [-0.4, -0.2) is 29.6 Å². The van der Waals surface area contributed by atoms with E-state index in [1.807, 2.05) is 13.8 Å². The Hall–Kier alpha value is -1.88. The molecule has 1 aromatic carbocycles. The Balaban J connectivity index is 2.19. The van der Waals surface area contributed by atoms with Gasteiger partial charge in [0.05, 0.1) is 17.3 Å². The summed E-state index contributed by atoms with van der Waals surface area (Å²) in [6.07, 6.45) is 0.956. The first-order chi connectivity index (χ1) is 8.99. The molecule has 3 N–H and O–H groups in total. The lowest BCUT2D eigenvalue weighted by atomic mass is 10.0. The lowest BCUT2D eigenvalue weighted by molar-refractivity contribution is -0.118. The predicted octanol–water partition coefficient (Wildman–Crippen LogP) is 1.63. The molecule has 1 amide bonds. The first-order valence-corrected chi connectivity index (χ1v) is 6.37. The molecule has 102 valence electrons. The number of hydrogen-bond acceptors (Lipinski definition) is 3. The summed E-state index contributed by atoms with van der Waals surface area (Å²) < 4.78 is 0. The van der Waals surface area contributed by atoms with E-state index in [0.717, 1.165) is 18.5 Å². The monoisotopic (exact) mass is 262 g/mol. The minimum Gasteiger partial charge on any atom is -0.478 e. The molecule has 0 aromatic heterocycles. The first-order valence-electron chi connectivity index (χ1n) is 6.37. The zero-order valence-corrected chi connectivity index (χ0v) is 11.1. The second-order valence-electron chi connectivity index (χ2n) is 5.04. The summed E-state index contributed by atoms with van der Waals surface area (Å²) in [6.45, 7) is 4.65. The van der Waals surface area contributed by atoms with Crippen LogP contribution in [0.4, 0.5) is 5.69 Å². The normalized spacial score (nSPS) is 22.2. The summed E-state index contributed by atoms with van der Waals surface area (Å²) >= 11 is 0. The molecule has 1 aliphatic rings. The van der Waals surface area contributed by atoms with E-state index >= 15 is 0 Å². The van der Waals surface area contributed by atoms with Gasteiger partial charge in [0.15, 0.2) is 0 Å². The van der Waals surface area contributed by atoms with Gasteiger partial charge in [0.25, 0.3) is 0 Å². The molecule has 1 saturated heterocycles. The van der Waals surface area contributed by atoms with Crippen molar-refractivity contribution in [1.82, 2.24) is 5.32 Å². The van der Waals surface area contributed by atoms with E-state index in [0.29, 0.717) is 5.69 Å². The van der Waals surface area contributed by atoms with Crippen LogP contribution >= 0.6 is 0 Å². The highest BCUT2D eigenvalue weighted by Crippen LogP contribution is 2.20. The number of aromatic carboxylic acids is 1. The van der Waals surface area contributed by atoms with Crippen LogP contribution in [0.3, 0.4) is 0 Å². The summed E-state index contributed by atoms with van der Waals surface area (Å²) in [6, 6.07) is 4.73. The van der Waals surface area contributed by atoms with Gasteiger partial charge >= 0.3 is 5.97 Å². The van der Waals surface area contributed by atoms with Crippen molar-refractivity contribution in [3.8, 4) is 0 Å². The molecule has 0 radical (unpaired) electrons. The third-order valence-corrected chi connectivity index (χ3v) is 3.48. The summed E-state index contributed by atoms with van der Waals surface area (Å²) in [5.74, 6) is -0.943. The average molecular weight is 262 g/mol. The Labute approximate surface area is 112 Å². The zero-order valence-electron chi connectivity index (χ0n) is 11.1. The predicted molar refractivity (Wildman–Crippen MR) is 72.3 cm³/mol. The highest BCUT2D eigenvalue weighted by Gasteiger charge is 2.29. The minimum absolute atomic E-state index is 0.124. The van der Waals surface area contributed by atoms with Gasteiger partial charge in [0.1, 0.15) is 0 Å². The molecule has 19 heavy (non-hydrogen) atoms. The van der Waals surface area contributed by atoms with Crippen LogP contribution in [0.15, 0.2) is 18.2 Å². The topological polar surface area (TPSA) is 78.4 Å². The fourth-order valence-corrected chi connectivity index (χ4v) is 2.34. The van der Waals surface area contributed by atoms with Crippen molar-refractivity contribution in [3.63, 3.8) is 0 Å². The Morgan fingerprint density at radius 3 is 2.74 bits per heavy atom. The van der Waals surface area contributed by atoms with Crippen molar-refractivity contribution in [1.29, 1.82) is 0 Å². The van der Waals surface area contributed by atoms with E-state index in [4.69, 9.17) is 5.11 Å². The second kappa shape index (κ2) is 5.40. The Kier molecular flexibility index (Phi) is 3.85. The van der Waals surface area contributed by atoms with Gasteiger partial charge in [-0.05, 0) is 37.9 Å². The molecule has 0 aliphatic carbocycles. The number of benzene rings is 1. The molecule has 2 atom stereocenters. The number of carboxylic acid groups (broad SMARTS) is 1. The largest absolute Gasteiger partial charge is 0.478 e. The standard InChI is InChI=1S/C14H18N2O3/c1-8-3-4-11(10(7-8)14(18)19)16-13(17)12-9(2)5-6-15-12/h3-4,7,9,12,15H,5-6H2,1-2H3,(H,16,17)(H,18,19). The molecule has 2 unspecified atom stereocenters. The Bertz CT molecular complexity index is 513. The number of amides is 1. The van der Waals surface area contributed by atoms with Crippen LogP contribution in [0.25, 0.3) is 0 Å². The van der Waals surface area contributed by atoms with Crippen molar-refractivity contribution in [2.75, 3.05) is 11.9 Å². The SMILES string of the molecule is Cc1ccc(NC(=O)C2NCCC2C)c(C(=O)O)c1. The quantitative estimate of drug-likeness (QED) is 0.773. The molecule has 2 rings (SSSR count). The Morgan fingerprint density at radius 2 is 2.16 bits per heavy atom. The van der Waals surface area contributed by atoms with Crippen molar-refractivity contribution in [3.05, 3.63) is 29.3 Å². The number of carboxylic acids is 1. The fraction of sp³-hybridized carbons (Fsp3) is 0.429. The Morgan fingerprint density at radius 1 is 1.42 bits per heavy atom. The molecule has 5 heteroatoms. The number of rotatable bonds is 3. The van der Waals surface area contributed by atoms with Crippen LogP contribution in [0.1, 0.15) is 29.3 Å². The average Bonchev–Trinajstić information content (AvgIpc) is 2.77. The van der Waals surface area contributed by atoms with Crippen LogP contribution in [0, 0.1) is 12.8 Å². The fourth-order valence-electron chi connectivity index (χ4n) is 2.34. The van der Waals surface area contributed by atoms with Crippen molar-refractivity contribution in [2.24, 2.45) is 5.92 Å². The highest BCUT2D eigenvalue weighted by molar-refractivity contribution is 6.02. The maximum Gasteiger partial charge on any atom is 0.337 e. The van der Waals surface area contributed by atoms with Gasteiger partial charge in [-0.25, -0.2) is 4.79 Å². The smallest absolute Gasteiger partial charge is 0.337 e. The summed E-state index contributed by atoms with van der Waals surface area (Å²) in [5, 5.41) is 15.0. The van der Waals surface area contributed by atoms with Crippen LogP contribution in [0.5, 0.6) is 0 Å². The number of aryl methyl sites for hydroxylation is 1. The van der Waals surface area contributed by atoms with E-state index in [1.54, 1.807) is 18.2 Å². The van der Waals surface area contributed by atoms with Crippen LogP contribution in [-0.2, 0) is 4.79 Å². The molecule has 1 aliphatic heterocycles. The van der Waals surface area contributed by atoms with E-state index in [-0.39, 0.29) is 23.4 Å². The highest BCUT2D eigenvalue weighted by atomic mass is 16.4. The molecule has 0 bridgehead atoms. The van der Waals surface area contributed by atoms with Gasteiger partial charge in [0, 0.05) is 0 Å². The molecule has 5 nitrogen and oxygen atoms in total. The van der Waals surface area contributed by atoms with E-state index in [9.17, 15) is 9.59 Å². The summed E-state index contributed by atoms with van der Waals surface area (Å²) in [5.41, 5.74) is 1.32. The number of carbonyl (C=O) groups excluding carboxylic acids is 1. The lowest BCUT2D eigenvalue weighted by Gasteiger charge is -2.16. The third-order valence-electron chi connectivity index (χ3n) is 3.48. The number of hydrogen-bond donors (Lipinski definition) is 3.